The number of urea groups is 1. The highest BCUT2D eigenvalue weighted by molar-refractivity contribution is 9.10. The molecule has 2 bridgehead atoms. The monoisotopic (exact) mass is 392 g/mol. The molecular formula is C16H14BrClN4O. The Kier molecular flexibility index (Phi) is 3.73. The second-order valence-electron chi connectivity index (χ2n) is 5.84. The quantitative estimate of drug-likeness (QED) is 0.790. The Hall–Kier alpha value is -1.66. The summed E-state index contributed by atoms with van der Waals surface area (Å²) in [4.78, 5) is 23.2. The number of hydrogen-bond acceptors (Lipinski definition) is 3. The number of carbonyl (C=O) groups excluding carboxylic acids is 1. The summed E-state index contributed by atoms with van der Waals surface area (Å²) in [5.41, 5.74) is 2.84. The van der Waals surface area contributed by atoms with Crippen LogP contribution in [0.3, 0.4) is 0 Å². The topological polar surface area (TPSA) is 58.1 Å². The molecule has 1 fully saturated rings. The molecule has 2 aromatic rings. The smallest absolute Gasteiger partial charge is 0.314 e. The van der Waals surface area contributed by atoms with Crippen LogP contribution in [0.4, 0.5) is 10.5 Å². The maximum atomic E-state index is 12.8. The minimum Gasteiger partial charge on any atom is -0.314 e. The molecule has 118 valence electrons. The molecule has 1 aromatic heterocycles. The van der Waals surface area contributed by atoms with Crippen LogP contribution in [0.2, 0.25) is 5.02 Å². The minimum absolute atomic E-state index is 0.0656. The van der Waals surface area contributed by atoms with E-state index >= 15 is 0 Å². The van der Waals surface area contributed by atoms with Gasteiger partial charge in [-0.25, -0.2) is 14.8 Å². The van der Waals surface area contributed by atoms with Crippen molar-refractivity contribution in [3.8, 4) is 0 Å². The van der Waals surface area contributed by atoms with Gasteiger partial charge in [0.15, 0.2) is 0 Å². The highest BCUT2D eigenvalue weighted by Crippen LogP contribution is 2.43. The van der Waals surface area contributed by atoms with E-state index in [1.54, 1.807) is 12.4 Å². The van der Waals surface area contributed by atoms with Gasteiger partial charge in [0.1, 0.15) is 6.33 Å². The normalized spacial score (nSPS) is 21.9. The van der Waals surface area contributed by atoms with Crippen LogP contribution in [-0.2, 0) is 6.42 Å². The lowest BCUT2D eigenvalue weighted by Crippen LogP contribution is -2.44. The predicted octanol–water partition coefficient (Wildman–Crippen LogP) is 4.19. The van der Waals surface area contributed by atoms with Gasteiger partial charge in [0.05, 0.1) is 16.8 Å². The molecule has 7 heteroatoms. The van der Waals surface area contributed by atoms with Crippen molar-refractivity contribution in [2.75, 3.05) is 5.32 Å². The fourth-order valence-corrected chi connectivity index (χ4v) is 3.92. The lowest BCUT2D eigenvalue weighted by Gasteiger charge is -2.35. The molecule has 3 heterocycles. The second-order valence-corrected chi connectivity index (χ2v) is 7.10. The molecule has 1 aromatic carbocycles. The molecule has 4 rings (SSSR count). The average Bonchev–Trinajstić information content (AvgIpc) is 2.86. The maximum absolute atomic E-state index is 12.8. The van der Waals surface area contributed by atoms with Crippen molar-refractivity contribution in [3.05, 3.63) is 51.5 Å². The van der Waals surface area contributed by atoms with Gasteiger partial charge in [-0.2, -0.15) is 0 Å². The summed E-state index contributed by atoms with van der Waals surface area (Å²) in [5.74, 6) is 0. The number of halogens is 2. The molecular weight excluding hydrogens is 380 g/mol. The van der Waals surface area contributed by atoms with Gasteiger partial charge in [0, 0.05) is 34.4 Å². The summed E-state index contributed by atoms with van der Waals surface area (Å²) in [7, 11) is 0. The molecule has 1 N–H and O–H groups in total. The fraction of sp³-hybridized carbons (Fsp3) is 0.312. The van der Waals surface area contributed by atoms with Gasteiger partial charge in [-0.1, -0.05) is 11.6 Å². The Balaban J connectivity index is 1.59. The summed E-state index contributed by atoms with van der Waals surface area (Å²) in [6, 6.07) is 5.57. The number of fused-ring (bicyclic) bond motifs is 4. The Bertz CT molecular complexity index is 784. The van der Waals surface area contributed by atoms with Crippen molar-refractivity contribution in [1.82, 2.24) is 14.9 Å². The number of carbonyl (C=O) groups is 1. The zero-order valence-electron chi connectivity index (χ0n) is 12.2. The van der Waals surface area contributed by atoms with Gasteiger partial charge in [0.2, 0.25) is 0 Å². The van der Waals surface area contributed by atoms with Crippen LogP contribution in [0.1, 0.15) is 30.1 Å². The van der Waals surface area contributed by atoms with E-state index in [2.05, 4.69) is 31.2 Å². The summed E-state index contributed by atoms with van der Waals surface area (Å²) < 4.78 is 0.807. The van der Waals surface area contributed by atoms with Crippen LogP contribution < -0.4 is 5.32 Å². The molecule has 2 unspecified atom stereocenters. The molecule has 2 aliphatic heterocycles. The van der Waals surface area contributed by atoms with Crippen LogP contribution in [0.15, 0.2) is 35.2 Å². The number of benzene rings is 1. The number of aromatic nitrogens is 2. The van der Waals surface area contributed by atoms with E-state index in [4.69, 9.17) is 11.6 Å². The lowest BCUT2D eigenvalue weighted by atomic mass is 10.00. The number of nitrogens with zero attached hydrogens (tertiary/aromatic N) is 3. The predicted molar refractivity (Wildman–Crippen MR) is 91.5 cm³/mol. The molecule has 2 atom stereocenters. The van der Waals surface area contributed by atoms with Gasteiger partial charge in [-0.15, -0.1) is 0 Å². The molecule has 0 aliphatic carbocycles. The maximum Gasteiger partial charge on any atom is 0.322 e. The Labute approximate surface area is 147 Å². The lowest BCUT2D eigenvalue weighted by molar-refractivity contribution is 0.178. The largest absolute Gasteiger partial charge is 0.322 e. The first kappa shape index (κ1) is 14.9. The molecule has 0 saturated carbocycles. The van der Waals surface area contributed by atoms with Gasteiger partial charge in [-0.3, -0.25) is 0 Å². The minimum atomic E-state index is -0.0922. The zero-order valence-corrected chi connectivity index (χ0v) is 14.5. The molecule has 1 saturated heterocycles. The summed E-state index contributed by atoms with van der Waals surface area (Å²) in [6.45, 7) is 0. The summed E-state index contributed by atoms with van der Waals surface area (Å²) >= 11 is 9.44. The van der Waals surface area contributed by atoms with Crippen LogP contribution in [0.5, 0.6) is 0 Å². The van der Waals surface area contributed by atoms with E-state index in [1.807, 2.05) is 23.2 Å². The van der Waals surface area contributed by atoms with Crippen molar-refractivity contribution >= 4 is 39.2 Å². The van der Waals surface area contributed by atoms with E-state index in [-0.39, 0.29) is 18.1 Å². The van der Waals surface area contributed by atoms with Crippen molar-refractivity contribution in [3.63, 3.8) is 0 Å². The SMILES string of the molecule is O=C(Nc1ccc(Br)c(Cl)c1)N1C2CCC1c1cncnc1C2. The van der Waals surface area contributed by atoms with E-state index in [9.17, 15) is 4.79 Å². The van der Waals surface area contributed by atoms with Gasteiger partial charge >= 0.3 is 6.03 Å². The van der Waals surface area contributed by atoms with Crippen LogP contribution in [0, 0.1) is 0 Å². The molecule has 0 spiro atoms. The van der Waals surface area contributed by atoms with E-state index in [0.717, 1.165) is 35.0 Å². The third-order valence-electron chi connectivity index (χ3n) is 4.52. The molecule has 0 radical (unpaired) electrons. The number of nitrogens with one attached hydrogen (secondary N) is 1. The third-order valence-corrected chi connectivity index (χ3v) is 5.76. The second kappa shape index (κ2) is 5.76. The summed E-state index contributed by atoms with van der Waals surface area (Å²) in [5, 5.41) is 3.52. The molecule has 5 nitrogen and oxygen atoms in total. The number of rotatable bonds is 1. The van der Waals surface area contributed by atoms with Crippen molar-refractivity contribution in [1.29, 1.82) is 0 Å². The molecule has 2 aliphatic rings. The van der Waals surface area contributed by atoms with Crippen molar-refractivity contribution in [2.45, 2.75) is 31.3 Å². The Morgan fingerprint density at radius 2 is 2.26 bits per heavy atom. The Morgan fingerprint density at radius 1 is 1.39 bits per heavy atom. The van der Waals surface area contributed by atoms with Gasteiger partial charge in [0.25, 0.3) is 0 Å². The third kappa shape index (κ3) is 2.60. The first-order chi connectivity index (χ1) is 11.1. The van der Waals surface area contributed by atoms with Crippen molar-refractivity contribution < 1.29 is 4.79 Å². The number of amides is 2. The standard InChI is InChI=1S/C16H14BrClN4O/c17-12-3-1-9(5-13(12)18)21-16(23)22-10-2-4-15(22)11-7-19-8-20-14(11)6-10/h1,3,5,7-8,10,15H,2,4,6H2,(H,21,23). The first-order valence-corrected chi connectivity index (χ1v) is 8.63. The molecule has 23 heavy (non-hydrogen) atoms. The number of anilines is 1. The highest BCUT2D eigenvalue weighted by Gasteiger charge is 2.43. The van der Waals surface area contributed by atoms with Crippen LogP contribution in [0.25, 0.3) is 0 Å². The average molecular weight is 394 g/mol. The van der Waals surface area contributed by atoms with Crippen LogP contribution in [-0.4, -0.2) is 26.9 Å². The van der Waals surface area contributed by atoms with Crippen LogP contribution >= 0.6 is 27.5 Å². The van der Waals surface area contributed by atoms with E-state index in [0.29, 0.717) is 10.7 Å². The van der Waals surface area contributed by atoms with E-state index in [1.165, 1.54) is 0 Å². The zero-order chi connectivity index (χ0) is 16.0. The molecule has 2 amide bonds. The fourth-order valence-electron chi connectivity index (χ4n) is 3.50. The summed E-state index contributed by atoms with van der Waals surface area (Å²) in [6.07, 6.45) is 6.17. The van der Waals surface area contributed by atoms with E-state index < -0.39 is 0 Å². The number of hydrogen-bond donors (Lipinski definition) is 1. The highest BCUT2D eigenvalue weighted by atomic mass is 79.9. The first-order valence-electron chi connectivity index (χ1n) is 7.46. The Morgan fingerprint density at radius 3 is 3.09 bits per heavy atom. The van der Waals surface area contributed by atoms with Gasteiger partial charge < -0.3 is 10.2 Å². The van der Waals surface area contributed by atoms with Crippen molar-refractivity contribution in [2.24, 2.45) is 0 Å². The van der Waals surface area contributed by atoms with Gasteiger partial charge in [-0.05, 0) is 47.0 Å².